The van der Waals surface area contributed by atoms with Gasteiger partial charge in [-0.25, -0.2) is 0 Å². The van der Waals surface area contributed by atoms with Gasteiger partial charge in [-0.05, 0) is 44.9 Å². The molecule has 0 radical (unpaired) electrons. The zero-order valence-electron chi connectivity index (χ0n) is 11.9. The zero-order valence-corrected chi connectivity index (χ0v) is 12.7. The van der Waals surface area contributed by atoms with Gasteiger partial charge in [-0.3, -0.25) is 4.90 Å². The SMILES string of the molecule is CCN(C1CCCC1)C(CN)c1cc(C)sc1C. The largest absolute Gasteiger partial charge is 0.329 e. The van der Waals surface area contributed by atoms with E-state index < -0.39 is 0 Å². The summed E-state index contributed by atoms with van der Waals surface area (Å²) in [6.45, 7) is 8.55. The third-order valence-electron chi connectivity index (χ3n) is 4.22. The van der Waals surface area contributed by atoms with Crippen molar-refractivity contribution in [3.05, 3.63) is 21.4 Å². The van der Waals surface area contributed by atoms with Crippen LogP contribution >= 0.6 is 11.3 Å². The third kappa shape index (κ3) is 2.79. The molecule has 2 nitrogen and oxygen atoms in total. The molecule has 0 amide bonds. The summed E-state index contributed by atoms with van der Waals surface area (Å²) in [6, 6.07) is 3.51. The number of likely N-dealkylation sites (N-methyl/N-ethyl adjacent to an activating group) is 1. The topological polar surface area (TPSA) is 29.3 Å². The monoisotopic (exact) mass is 266 g/mol. The van der Waals surface area contributed by atoms with E-state index in [1.807, 2.05) is 11.3 Å². The van der Waals surface area contributed by atoms with Crippen LogP contribution in [0, 0.1) is 13.8 Å². The van der Waals surface area contributed by atoms with E-state index in [1.165, 1.54) is 41.0 Å². The second kappa shape index (κ2) is 6.18. The molecule has 1 aromatic rings. The van der Waals surface area contributed by atoms with Crippen molar-refractivity contribution in [2.75, 3.05) is 13.1 Å². The van der Waals surface area contributed by atoms with Crippen molar-refractivity contribution in [3.63, 3.8) is 0 Å². The van der Waals surface area contributed by atoms with Crippen molar-refractivity contribution < 1.29 is 0 Å². The minimum atomic E-state index is 0.419. The summed E-state index contributed by atoms with van der Waals surface area (Å²) in [4.78, 5) is 5.49. The normalized spacial score (nSPS) is 18.7. The zero-order chi connectivity index (χ0) is 13.1. The highest BCUT2D eigenvalue weighted by Crippen LogP contribution is 2.34. The lowest BCUT2D eigenvalue weighted by Gasteiger charge is -2.35. The molecule has 1 aliphatic carbocycles. The fourth-order valence-corrected chi connectivity index (χ4v) is 4.37. The molecule has 1 unspecified atom stereocenters. The number of hydrogen-bond acceptors (Lipinski definition) is 3. The van der Waals surface area contributed by atoms with E-state index in [9.17, 15) is 0 Å². The number of thiophene rings is 1. The van der Waals surface area contributed by atoms with Gasteiger partial charge in [-0.15, -0.1) is 11.3 Å². The van der Waals surface area contributed by atoms with E-state index in [0.717, 1.165) is 19.1 Å². The van der Waals surface area contributed by atoms with Gasteiger partial charge in [0.2, 0.25) is 0 Å². The quantitative estimate of drug-likeness (QED) is 0.882. The highest BCUT2D eigenvalue weighted by atomic mass is 32.1. The molecular weight excluding hydrogens is 240 g/mol. The Morgan fingerprint density at radius 1 is 1.39 bits per heavy atom. The Hall–Kier alpha value is -0.380. The molecule has 0 saturated heterocycles. The Labute approximate surface area is 115 Å². The summed E-state index contributed by atoms with van der Waals surface area (Å²) in [5.74, 6) is 0. The molecule has 1 saturated carbocycles. The van der Waals surface area contributed by atoms with E-state index in [2.05, 4.69) is 31.7 Å². The van der Waals surface area contributed by atoms with Crippen molar-refractivity contribution in [1.82, 2.24) is 4.90 Å². The average Bonchev–Trinajstić information content (AvgIpc) is 2.96. The van der Waals surface area contributed by atoms with Gasteiger partial charge in [0.1, 0.15) is 0 Å². The predicted octanol–water partition coefficient (Wildman–Crippen LogP) is 3.63. The lowest BCUT2D eigenvalue weighted by Crippen LogP contribution is -2.40. The van der Waals surface area contributed by atoms with Crippen LogP contribution in [0.5, 0.6) is 0 Å². The summed E-state index contributed by atoms with van der Waals surface area (Å²) in [5.41, 5.74) is 7.56. The molecule has 18 heavy (non-hydrogen) atoms. The number of nitrogens with zero attached hydrogens (tertiary/aromatic N) is 1. The van der Waals surface area contributed by atoms with Crippen LogP contribution in [-0.2, 0) is 0 Å². The second-order valence-electron chi connectivity index (χ2n) is 5.39. The number of aryl methyl sites for hydroxylation is 2. The van der Waals surface area contributed by atoms with Gasteiger partial charge in [0, 0.05) is 28.4 Å². The van der Waals surface area contributed by atoms with E-state index in [4.69, 9.17) is 5.73 Å². The van der Waals surface area contributed by atoms with Crippen molar-refractivity contribution in [3.8, 4) is 0 Å². The first-order valence-electron chi connectivity index (χ1n) is 7.20. The first-order chi connectivity index (χ1) is 8.67. The Morgan fingerprint density at radius 3 is 2.50 bits per heavy atom. The lowest BCUT2D eigenvalue weighted by molar-refractivity contribution is 0.147. The van der Waals surface area contributed by atoms with Crippen molar-refractivity contribution >= 4 is 11.3 Å². The first-order valence-corrected chi connectivity index (χ1v) is 8.01. The van der Waals surface area contributed by atoms with Gasteiger partial charge < -0.3 is 5.73 Å². The van der Waals surface area contributed by atoms with Crippen LogP contribution in [-0.4, -0.2) is 24.0 Å². The fourth-order valence-electron chi connectivity index (χ4n) is 3.39. The highest BCUT2D eigenvalue weighted by Gasteiger charge is 2.29. The van der Waals surface area contributed by atoms with Crippen LogP contribution in [0.2, 0.25) is 0 Å². The molecule has 0 aromatic carbocycles. The van der Waals surface area contributed by atoms with Gasteiger partial charge in [0.05, 0.1) is 0 Å². The van der Waals surface area contributed by atoms with E-state index >= 15 is 0 Å². The summed E-state index contributed by atoms with van der Waals surface area (Å²) in [7, 11) is 0. The Bertz CT molecular complexity index is 380. The van der Waals surface area contributed by atoms with Crippen LogP contribution in [0.15, 0.2) is 6.07 Å². The molecule has 1 atom stereocenters. The molecule has 0 bridgehead atoms. The second-order valence-corrected chi connectivity index (χ2v) is 6.85. The molecular formula is C15H26N2S. The van der Waals surface area contributed by atoms with Crippen molar-refractivity contribution in [2.24, 2.45) is 5.73 Å². The minimum absolute atomic E-state index is 0.419. The summed E-state index contributed by atoms with van der Waals surface area (Å²) in [6.07, 6.45) is 5.49. The molecule has 1 fully saturated rings. The number of hydrogen-bond donors (Lipinski definition) is 1. The molecule has 1 heterocycles. The molecule has 3 heteroatoms. The molecule has 2 N–H and O–H groups in total. The Morgan fingerprint density at radius 2 is 2.06 bits per heavy atom. The lowest BCUT2D eigenvalue weighted by atomic mass is 10.0. The molecule has 1 aliphatic rings. The predicted molar refractivity (Wildman–Crippen MR) is 80.2 cm³/mol. The van der Waals surface area contributed by atoms with Crippen LogP contribution in [0.4, 0.5) is 0 Å². The van der Waals surface area contributed by atoms with Gasteiger partial charge in [-0.1, -0.05) is 19.8 Å². The Kier molecular flexibility index (Phi) is 4.82. The average molecular weight is 266 g/mol. The summed E-state index contributed by atoms with van der Waals surface area (Å²) in [5, 5.41) is 0. The van der Waals surface area contributed by atoms with Crippen LogP contribution in [0.3, 0.4) is 0 Å². The van der Waals surface area contributed by atoms with E-state index in [-0.39, 0.29) is 0 Å². The molecule has 0 aliphatic heterocycles. The van der Waals surface area contributed by atoms with Crippen molar-refractivity contribution in [2.45, 2.75) is 58.5 Å². The van der Waals surface area contributed by atoms with Crippen LogP contribution < -0.4 is 5.73 Å². The first kappa shape index (κ1) is 14.0. The molecule has 0 spiro atoms. The van der Waals surface area contributed by atoms with Crippen molar-refractivity contribution in [1.29, 1.82) is 0 Å². The van der Waals surface area contributed by atoms with Gasteiger partial charge in [0.15, 0.2) is 0 Å². The maximum atomic E-state index is 6.09. The van der Waals surface area contributed by atoms with Gasteiger partial charge in [0.25, 0.3) is 0 Å². The highest BCUT2D eigenvalue weighted by molar-refractivity contribution is 7.12. The van der Waals surface area contributed by atoms with E-state index in [0.29, 0.717) is 6.04 Å². The van der Waals surface area contributed by atoms with Gasteiger partial charge >= 0.3 is 0 Å². The number of nitrogens with two attached hydrogens (primary N) is 1. The molecule has 1 aromatic heterocycles. The smallest absolute Gasteiger partial charge is 0.0484 e. The van der Waals surface area contributed by atoms with Crippen LogP contribution in [0.25, 0.3) is 0 Å². The summed E-state index contributed by atoms with van der Waals surface area (Å²) >= 11 is 1.90. The third-order valence-corrected chi connectivity index (χ3v) is 5.20. The van der Waals surface area contributed by atoms with Crippen LogP contribution in [0.1, 0.15) is 54.0 Å². The summed E-state index contributed by atoms with van der Waals surface area (Å²) < 4.78 is 0. The molecule has 102 valence electrons. The minimum Gasteiger partial charge on any atom is -0.329 e. The number of rotatable bonds is 5. The maximum Gasteiger partial charge on any atom is 0.0484 e. The maximum absolute atomic E-state index is 6.09. The standard InChI is InChI=1S/C15H26N2S/c1-4-17(13-7-5-6-8-13)15(10-16)14-9-11(2)18-12(14)3/h9,13,15H,4-8,10,16H2,1-3H3. The Balaban J connectivity index is 2.22. The fraction of sp³-hybridized carbons (Fsp3) is 0.733. The van der Waals surface area contributed by atoms with E-state index in [1.54, 1.807) is 0 Å². The van der Waals surface area contributed by atoms with Gasteiger partial charge in [-0.2, -0.15) is 0 Å². The molecule has 2 rings (SSSR count).